The van der Waals surface area contributed by atoms with Gasteiger partial charge in [-0.2, -0.15) is 5.10 Å². The van der Waals surface area contributed by atoms with Crippen LogP contribution in [0.15, 0.2) is 54.7 Å². The number of anilines is 1. The number of benzene rings is 2. The van der Waals surface area contributed by atoms with Crippen molar-refractivity contribution in [3.8, 4) is 17.2 Å². The number of carbonyl (C=O) groups excluding carboxylic acids is 2. The zero-order chi connectivity index (χ0) is 26.4. The highest BCUT2D eigenvalue weighted by molar-refractivity contribution is 6.04. The molecule has 4 rings (SSSR count). The molecular weight excluding hydrogens is 474 g/mol. The Labute approximate surface area is 216 Å². The normalized spacial score (nSPS) is 14.8. The quantitative estimate of drug-likeness (QED) is 0.442. The Morgan fingerprint density at radius 3 is 2.27 bits per heavy atom. The van der Waals surface area contributed by atoms with Gasteiger partial charge < -0.3 is 29.3 Å². The van der Waals surface area contributed by atoms with E-state index in [1.165, 1.54) is 0 Å². The van der Waals surface area contributed by atoms with E-state index >= 15 is 0 Å². The van der Waals surface area contributed by atoms with Gasteiger partial charge in [0, 0.05) is 76.2 Å². The topological polar surface area (TPSA) is 98.2 Å². The zero-order valence-electron chi connectivity index (χ0n) is 21.6. The number of ether oxygens (including phenoxy) is 3. The highest BCUT2D eigenvalue weighted by atomic mass is 16.7. The van der Waals surface area contributed by atoms with Gasteiger partial charge in [-0.3, -0.25) is 14.3 Å². The number of likely N-dealkylation sites (N-methyl/N-ethyl adjacent to an activating group) is 1. The summed E-state index contributed by atoms with van der Waals surface area (Å²) in [5.74, 6) is 1.46. The summed E-state index contributed by atoms with van der Waals surface area (Å²) in [5, 5.41) is 6.97. The Kier molecular flexibility index (Phi) is 8.42. The van der Waals surface area contributed by atoms with Crippen LogP contribution in [0.1, 0.15) is 34.1 Å². The summed E-state index contributed by atoms with van der Waals surface area (Å²) in [6.45, 7) is 5.09. The van der Waals surface area contributed by atoms with E-state index in [2.05, 4.69) is 22.4 Å². The molecule has 37 heavy (non-hydrogen) atoms. The minimum absolute atomic E-state index is 0.00805. The first kappa shape index (κ1) is 26.2. The van der Waals surface area contributed by atoms with Crippen molar-refractivity contribution in [3.63, 3.8) is 0 Å². The predicted octanol–water partition coefficient (Wildman–Crippen LogP) is 3.61. The molecule has 1 saturated heterocycles. The second-order valence-corrected chi connectivity index (χ2v) is 8.94. The van der Waals surface area contributed by atoms with Crippen LogP contribution < -0.4 is 14.8 Å². The molecule has 0 aliphatic carbocycles. The summed E-state index contributed by atoms with van der Waals surface area (Å²) in [6, 6.07) is 13.7. The van der Waals surface area contributed by atoms with Gasteiger partial charge in [0.25, 0.3) is 11.8 Å². The number of rotatable bonds is 9. The fraction of sp³-hybridized carbons (Fsp3) is 0.370. The Balaban J connectivity index is 1.52. The fourth-order valence-corrected chi connectivity index (χ4v) is 3.94. The van der Waals surface area contributed by atoms with Crippen LogP contribution in [0.2, 0.25) is 0 Å². The van der Waals surface area contributed by atoms with Crippen molar-refractivity contribution in [3.05, 3.63) is 65.9 Å². The first-order valence-electron chi connectivity index (χ1n) is 12.3. The first-order chi connectivity index (χ1) is 17.8. The lowest BCUT2D eigenvalue weighted by atomic mass is 10.1. The summed E-state index contributed by atoms with van der Waals surface area (Å²) in [5.41, 5.74) is 0.946. The average molecular weight is 508 g/mol. The molecule has 3 aromatic rings. The fourth-order valence-electron chi connectivity index (χ4n) is 3.94. The standard InChI is InChI=1S/C27H33N5O5/c1-5-25(35-4)37-23-17-20(26(33)28-24-10-11-31(3)29-24)16-22(18-23)36-21-8-6-19(7-9-21)27(34)32-14-12-30(2)13-15-32/h6-11,16-18,25H,5,12-15H2,1-4H3,(H,28,29,33). The third-order valence-electron chi connectivity index (χ3n) is 6.09. The molecular formula is C27H33N5O5. The maximum Gasteiger partial charge on any atom is 0.257 e. The number of hydrogen-bond acceptors (Lipinski definition) is 7. The molecule has 2 heterocycles. The van der Waals surface area contributed by atoms with Gasteiger partial charge in [0.2, 0.25) is 0 Å². The highest BCUT2D eigenvalue weighted by Gasteiger charge is 2.20. The Morgan fingerprint density at radius 2 is 1.65 bits per heavy atom. The number of carbonyl (C=O) groups is 2. The van der Waals surface area contributed by atoms with Gasteiger partial charge >= 0.3 is 0 Å². The molecule has 1 aromatic heterocycles. The monoisotopic (exact) mass is 507 g/mol. The number of hydrogen-bond donors (Lipinski definition) is 1. The van der Waals surface area contributed by atoms with Crippen LogP contribution >= 0.6 is 0 Å². The Morgan fingerprint density at radius 1 is 0.946 bits per heavy atom. The van der Waals surface area contributed by atoms with Gasteiger partial charge in [0.15, 0.2) is 12.1 Å². The van der Waals surface area contributed by atoms with E-state index in [9.17, 15) is 9.59 Å². The molecule has 0 spiro atoms. The number of methoxy groups -OCH3 is 1. The molecule has 10 nitrogen and oxygen atoms in total. The van der Waals surface area contributed by atoms with Gasteiger partial charge in [-0.15, -0.1) is 0 Å². The van der Waals surface area contributed by atoms with Crippen LogP contribution in [-0.4, -0.2) is 78.0 Å². The van der Waals surface area contributed by atoms with Crippen molar-refractivity contribution in [1.29, 1.82) is 0 Å². The van der Waals surface area contributed by atoms with Gasteiger partial charge in [-0.1, -0.05) is 6.92 Å². The molecule has 0 bridgehead atoms. The molecule has 1 aliphatic rings. The van der Waals surface area contributed by atoms with E-state index < -0.39 is 6.29 Å². The molecule has 10 heteroatoms. The molecule has 1 aliphatic heterocycles. The SMILES string of the molecule is CCC(OC)Oc1cc(Oc2ccc(C(=O)N3CCN(C)CC3)cc2)cc(C(=O)Nc2ccn(C)n2)c1. The lowest BCUT2D eigenvalue weighted by molar-refractivity contribution is -0.0549. The van der Waals surface area contributed by atoms with Gasteiger partial charge in [-0.25, -0.2) is 0 Å². The second-order valence-electron chi connectivity index (χ2n) is 8.94. The number of piperazine rings is 1. The van der Waals surface area contributed by atoms with Crippen LogP contribution in [-0.2, 0) is 11.8 Å². The molecule has 1 fully saturated rings. The third kappa shape index (κ3) is 6.87. The number of amides is 2. The molecule has 1 unspecified atom stereocenters. The van der Waals surface area contributed by atoms with Crippen molar-refractivity contribution < 1.29 is 23.8 Å². The van der Waals surface area contributed by atoms with E-state index in [0.29, 0.717) is 53.7 Å². The van der Waals surface area contributed by atoms with Crippen molar-refractivity contribution in [2.45, 2.75) is 19.6 Å². The summed E-state index contributed by atoms with van der Waals surface area (Å²) < 4.78 is 18.9. The maximum absolute atomic E-state index is 12.9. The minimum Gasteiger partial charge on any atom is -0.465 e. The molecule has 1 atom stereocenters. The molecule has 2 amide bonds. The molecule has 0 saturated carbocycles. The molecule has 0 radical (unpaired) electrons. The summed E-state index contributed by atoms with van der Waals surface area (Å²) >= 11 is 0. The van der Waals surface area contributed by atoms with E-state index in [1.807, 2.05) is 11.8 Å². The van der Waals surface area contributed by atoms with Crippen molar-refractivity contribution >= 4 is 17.6 Å². The van der Waals surface area contributed by atoms with E-state index in [1.54, 1.807) is 73.6 Å². The Bertz CT molecular complexity index is 1210. The largest absolute Gasteiger partial charge is 0.465 e. The number of aryl methyl sites for hydroxylation is 1. The molecule has 2 aromatic carbocycles. The number of nitrogens with one attached hydrogen (secondary N) is 1. The smallest absolute Gasteiger partial charge is 0.257 e. The van der Waals surface area contributed by atoms with Crippen LogP contribution in [0, 0.1) is 0 Å². The van der Waals surface area contributed by atoms with Gasteiger partial charge in [-0.05, 0) is 43.4 Å². The van der Waals surface area contributed by atoms with E-state index in [4.69, 9.17) is 14.2 Å². The molecule has 1 N–H and O–H groups in total. The lowest BCUT2D eigenvalue weighted by Gasteiger charge is -2.32. The highest BCUT2D eigenvalue weighted by Crippen LogP contribution is 2.29. The lowest BCUT2D eigenvalue weighted by Crippen LogP contribution is -2.47. The Hall–Kier alpha value is -3.89. The second kappa shape index (κ2) is 11.9. The third-order valence-corrected chi connectivity index (χ3v) is 6.09. The number of aromatic nitrogens is 2. The van der Waals surface area contributed by atoms with Gasteiger partial charge in [0.1, 0.15) is 17.2 Å². The predicted molar refractivity (Wildman–Crippen MR) is 139 cm³/mol. The van der Waals surface area contributed by atoms with Crippen LogP contribution in [0.5, 0.6) is 17.2 Å². The summed E-state index contributed by atoms with van der Waals surface area (Å²) in [6.07, 6.45) is 1.90. The molecule has 196 valence electrons. The summed E-state index contributed by atoms with van der Waals surface area (Å²) in [4.78, 5) is 29.9. The van der Waals surface area contributed by atoms with E-state index in [0.717, 1.165) is 13.1 Å². The van der Waals surface area contributed by atoms with Crippen molar-refractivity contribution in [2.24, 2.45) is 7.05 Å². The van der Waals surface area contributed by atoms with Gasteiger partial charge in [0.05, 0.1) is 0 Å². The number of nitrogens with zero attached hydrogens (tertiary/aromatic N) is 4. The van der Waals surface area contributed by atoms with Crippen molar-refractivity contribution in [2.75, 3.05) is 45.7 Å². The zero-order valence-corrected chi connectivity index (χ0v) is 21.6. The average Bonchev–Trinajstić information content (AvgIpc) is 3.31. The van der Waals surface area contributed by atoms with Crippen LogP contribution in [0.3, 0.4) is 0 Å². The van der Waals surface area contributed by atoms with Crippen molar-refractivity contribution in [1.82, 2.24) is 19.6 Å². The van der Waals surface area contributed by atoms with E-state index in [-0.39, 0.29) is 11.8 Å². The summed E-state index contributed by atoms with van der Waals surface area (Å²) in [7, 11) is 5.39. The minimum atomic E-state index is -0.471. The van der Waals surface area contributed by atoms with Crippen LogP contribution in [0.25, 0.3) is 0 Å². The first-order valence-corrected chi connectivity index (χ1v) is 12.3. The maximum atomic E-state index is 12.9. The van der Waals surface area contributed by atoms with Crippen LogP contribution in [0.4, 0.5) is 5.82 Å².